The van der Waals surface area contributed by atoms with E-state index >= 15 is 0 Å². The molecule has 210 valence electrons. The van der Waals surface area contributed by atoms with Crippen LogP contribution in [0.25, 0.3) is 0 Å². The molecule has 4 aliphatic rings. The maximum atomic E-state index is 14.7. The second kappa shape index (κ2) is 10.9. The quantitative estimate of drug-likeness (QED) is 0.565. The fraction of sp³-hybridized carbons (Fsp3) is 0.581. The van der Waals surface area contributed by atoms with E-state index in [0.717, 1.165) is 41.5 Å². The number of likely N-dealkylation sites (tertiary alicyclic amines) is 1. The summed E-state index contributed by atoms with van der Waals surface area (Å²) < 4.78 is 28.2. The first kappa shape index (κ1) is 27.4. The molecule has 0 bridgehead atoms. The van der Waals surface area contributed by atoms with Crippen LogP contribution >= 0.6 is 15.9 Å². The lowest BCUT2D eigenvalue weighted by molar-refractivity contribution is -0.640. The van der Waals surface area contributed by atoms with Crippen molar-refractivity contribution in [3.8, 4) is 0 Å². The van der Waals surface area contributed by atoms with Crippen molar-refractivity contribution in [2.45, 2.75) is 68.9 Å². The summed E-state index contributed by atoms with van der Waals surface area (Å²) in [7, 11) is -3.41. The van der Waals surface area contributed by atoms with Crippen molar-refractivity contribution in [3.05, 3.63) is 69.7 Å². The molecule has 1 saturated carbocycles. The third kappa shape index (κ3) is 5.22. The topological polar surface area (TPSA) is 74.3 Å². The highest BCUT2D eigenvalue weighted by Gasteiger charge is 2.57. The number of benzene rings is 2. The monoisotopic (exact) mass is 614 g/mol. The number of fused-ring (bicyclic) bond motifs is 2. The molecule has 3 aliphatic heterocycles. The van der Waals surface area contributed by atoms with Gasteiger partial charge < -0.3 is 10.2 Å². The minimum atomic E-state index is -3.41. The van der Waals surface area contributed by atoms with Crippen LogP contribution < -0.4 is 5.32 Å². The third-order valence-corrected chi connectivity index (χ3v) is 11.8. The molecule has 4 unspecified atom stereocenters. The van der Waals surface area contributed by atoms with E-state index in [0.29, 0.717) is 31.5 Å². The molecule has 1 amide bonds. The van der Waals surface area contributed by atoms with Gasteiger partial charge in [-0.15, -0.1) is 0 Å². The smallest absolute Gasteiger partial charge is 0.232 e. The van der Waals surface area contributed by atoms with Crippen molar-refractivity contribution in [1.29, 1.82) is 0 Å². The van der Waals surface area contributed by atoms with Gasteiger partial charge in [-0.3, -0.25) is 4.79 Å². The van der Waals surface area contributed by atoms with Crippen molar-refractivity contribution < 1.29 is 18.5 Å². The number of carbonyl (C=O) groups excluding carboxylic acids is 1. The number of quaternary nitrogens is 1. The minimum absolute atomic E-state index is 0.235. The summed E-state index contributed by atoms with van der Waals surface area (Å²) in [5, 5.41) is 2.24. The molecule has 3 heterocycles. The predicted molar refractivity (Wildman–Crippen MR) is 157 cm³/mol. The zero-order valence-corrected chi connectivity index (χ0v) is 25.3. The Morgan fingerprint density at radius 1 is 1.05 bits per heavy atom. The minimum Gasteiger partial charge on any atom is -0.345 e. The standard InChI is InChI=1S/C31H40BrN3O3S/c1-39(37,38)34-19-25-16-26(32)12-13-27(25)31(21-34)20-33-18-28(31)30(36)35-15-14-24(22-8-4-2-5-9-22)17-29(35)23-10-6-3-7-11-23/h2,4-5,8-9,12-13,16,23-24,28-29,33H,3,6-7,10-11,14-15,17-21H2,1H3/p+1. The molecule has 6 nitrogen and oxygen atoms in total. The lowest BCUT2D eigenvalue weighted by Crippen LogP contribution is -2.83. The molecule has 1 aliphatic carbocycles. The van der Waals surface area contributed by atoms with Crippen molar-refractivity contribution in [2.24, 2.45) is 11.8 Å². The fourth-order valence-corrected chi connectivity index (χ4v) is 9.46. The molecule has 2 N–H and O–H groups in total. The van der Waals surface area contributed by atoms with Gasteiger partial charge in [0.15, 0.2) is 0 Å². The number of hydrogen-bond donors (Lipinski definition) is 1. The fourth-order valence-electron chi connectivity index (χ4n) is 8.21. The number of nitrogens with zero attached hydrogens (tertiary/aromatic N) is 2. The Balaban J connectivity index is 1.35. The molecule has 0 aromatic heterocycles. The van der Waals surface area contributed by atoms with E-state index in [9.17, 15) is 13.2 Å². The molecule has 2 aromatic carbocycles. The molecule has 2 saturated heterocycles. The molecule has 4 atom stereocenters. The van der Waals surface area contributed by atoms with Crippen molar-refractivity contribution in [2.75, 3.05) is 32.4 Å². The van der Waals surface area contributed by atoms with E-state index in [-0.39, 0.29) is 17.9 Å². The van der Waals surface area contributed by atoms with Gasteiger partial charge in [-0.25, -0.2) is 8.42 Å². The van der Waals surface area contributed by atoms with Gasteiger partial charge in [0.25, 0.3) is 0 Å². The Morgan fingerprint density at radius 2 is 1.82 bits per heavy atom. The summed E-state index contributed by atoms with van der Waals surface area (Å²) >= 11 is 3.59. The summed E-state index contributed by atoms with van der Waals surface area (Å²) in [5.41, 5.74) is 3.06. The molecule has 39 heavy (non-hydrogen) atoms. The van der Waals surface area contributed by atoms with E-state index in [1.165, 1.54) is 43.9 Å². The van der Waals surface area contributed by atoms with Gasteiger partial charge in [0, 0.05) is 30.1 Å². The molecule has 0 radical (unpaired) electrons. The second-order valence-electron chi connectivity index (χ2n) is 12.4. The van der Waals surface area contributed by atoms with Crippen LogP contribution in [-0.2, 0) is 26.8 Å². The number of sulfonamides is 1. The van der Waals surface area contributed by atoms with Crippen molar-refractivity contribution in [3.63, 3.8) is 0 Å². The first-order chi connectivity index (χ1) is 18.8. The van der Waals surface area contributed by atoms with Crippen LogP contribution in [0.15, 0.2) is 53.0 Å². The molecule has 2 aromatic rings. The summed E-state index contributed by atoms with van der Waals surface area (Å²) in [6.45, 7) is 2.97. The normalized spacial score (nSPS) is 30.4. The Bertz CT molecular complexity index is 1310. The van der Waals surface area contributed by atoms with Crippen LogP contribution in [0.3, 0.4) is 0 Å². The van der Waals surface area contributed by atoms with E-state index in [4.69, 9.17) is 0 Å². The summed E-state index contributed by atoms with van der Waals surface area (Å²) in [6, 6.07) is 17.3. The van der Waals surface area contributed by atoms with Gasteiger partial charge in [-0.2, -0.15) is 4.31 Å². The number of piperidine rings is 1. The highest BCUT2D eigenvalue weighted by molar-refractivity contribution is 9.10. The van der Waals surface area contributed by atoms with Crippen LogP contribution in [0.2, 0.25) is 0 Å². The average molecular weight is 616 g/mol. The second-order valence-corrected chi connectivity index (χ2v) is 15.3. The number of nitrogens with two attached hydrogens (primary N) is 1. The van der Waals surface area contributed by atoms with E-state index < -0.39 is 15.4 Å². The Kier molecular flexibility index (Phi) is 7.68. The highest BCUT2D eigenvalue weighted by Crippen LogP contribution is 2.45. The number of carbonyl (C=O) groups is 1. The number of halogens is 1. The maximum Gasteiger partial charge on any atom is 0.232 e. The van der Waals surface area contributed by atoms with Crippen LogP contribution in [0.4, 0.5) is 0 Å². The van der Waals surface area contributed by atoms with E-state index in [2.05, 4.69) is 62.5 Å². The van der Waals surface area contributed by atoms with Crippen LogP contribution in [0.1, 0.15) is 67.6 Å². The molecule has 8 heteroatoms. The summed E-state index contributed by atoms with van der Waals surface area (Å²) in [5.74, 6) is 1.05. The molecule has 3 fully saturated rings. The van der Waals surface area contributed by atoms with Crippen molar-refractivity contribution in [1.82, 2.24) is 9.21 Å². The zero-order valence-electron chi connectivity index (χ0n) is 22.9. The van der Waals surface area contributed by atoms with Gasteiger partial charge in [-0.1, -0.05) is 71.6 Å². The number of hydrogen-bond acceptors (Lipinski definition) is 3. The van der Waals surface area contributed by atoms with Gasteiger partial charge in [0.2, 0.25) is 15.9 Å². The Hall–Kier alpha value is -1.74. The van der Waals surface area contributed by atoms with Gasteiger partial charge in [0.1, 0.15) is 5.92 Å². The lowest BCUT2D eigenvalue weighted by Gasteiger charge is -2.48. The zero-order chi connectivity index (χ0) is 27.2. The predicted octanol–water partition coefficient (Wildman–Crippen LogP) is 4.01. The molecular weight excluding hydrogens is 574 g/mol. The summed E-state index contributed by atoms with van der Waals surface area (Å²) in [4.78, 5) is 17.0. The maximum absolute atomic E-state index is 14.7. The van der Waals surface area contributed by atoms with E-state index in [1.807, 2.05) is 12.1 Å². The summed E-state index contributed by atoms with van der Waals surface area (Å²) in [6.07, 6.45) is 9.54. The van der Waals surface area contributed by atoms with Crippen LogP contribution in [0, 0.1) is 11.8 Å². The molecule has 1 spiro atoms. The first-order valence-corrected chi connectivity index (χ1v) is 17.3. The Morgan fingerprint density at radius 3 is 2.56 bits per heavy atom. The van der Waals surface area contributed by atoms with Gasteiger partial charge in [-0.05, 0) is 66.3 Å². The highest BCUT2D eigenvalue weighted by atomic mass is 79.9. The SMILES string of the molecule is CS(=O)(=O)N1Cc2cc(Br)ccc2C2(C[NH2+]CC2C(=O)N2CCC(c3ccccc3)CC2C2CCCCC2)C1. The van der Waals surface area contributed by atoms with Gasteiger partial charge >= 0.3 is 0 Å². The Labute approximate surface area is 241 Å². The van der Waals surface area contributed by atoms with Crippen molar-refractivity contribution >= 4 is 31.9 Å². The largest absolute Gasteiger partial charge is 0.345 e. The van der Waals surface area contributed by atoms with E-state index in [1.54, 1.807) is 4.31 Å². The third-order valence-electron chi connectivity index (χ3n) is 10.1. The molecular formula is C31H41BrN3O3S+. The van der Waals surface area contributed by atoms with Crippen LogP contribution in [0.5, 0.6) is 0 Å². The lowest BCUT2D eigenvalue weighted by atomic mass is 9.67. The van der Waals surface area contributed by atoms with Crippen LogP contribution in [-0.4, -0.2) is 62.0 Å². The average Bonchev–Trinajstić information content (AvgIpc) is 3.36. The first-order valence-electron chi connectivity index (χ1n) is 14.7. The number of amides is 1. The molecule has 6 rings (SSSR count). The number of rotatable bonds is 4. The van der Waals surface area contributed by atoms with Gasteiger partial charge in [0.05, 0.1) is 24.8 Å².